The van der Waals surface area contributed by atoms with E-state index in [9.17, 15) is 19.7 Å². The number of ether oxygens (including phenoxy) is 1. The van der Waals surface area contributed by atoms with E-state index in [1.165, 1.54) is 37.4 Å². The number of carbonyl (C=O) groups is 2. The van der Waals surface area contributed by atoms with Gasteiger partial charge < -0.3 is 4.74 Å². The number of rotatable bonds is 4. The number of methoxy groups -OCH3 is 1. The Labute approximate surface area is 156 Å². The van der Waals surface area contributed by atoms with Gasteiger partial charge in [0.2, 0.25) is 0 Å². The Hall–Kier alpha value is -3.42. The lowest BCUT2D eigenvalue weighted by atomic mass is 10.1. The standard InChI is InChI=1S/C19H21N3O5/c1-19(2,3)21(18(24)15-10-5-6-11-16(15)22(25)26)20-17(23)13-8-7-9-14(12-13)27-4/h5-12H,1-4H3,(H,20,23). The van der Waals surface area contributed by atoms with Crippen LogP contribution in [0.2, 0.25) is 0 Å². The van der Waals surface area contributed by atoms with Crippen LogP contribution in [0, 0.1) is 10.1 Å². The fourth-order valence-electron chi connectivity index (χ4n) is 2.39. The van der Waals surface area contributed by atoms with E-state index in [4.69, 9.17) is 4.74 Å². The average Bonchev–Trinajstić information content (AvgIpc) is 2.64. The molecule has 0 bridgehead atoms. The molecule has 0 saturated heterocycles. The molecule has 8 nitrogen and oxygen atoms in total. The van der Waals surface area contributed by atoms with Crippen LogP contribution in [0.1, 0.15) is 41.5 Å². The van der Waals surface area contributed by atoms with Gasteiger partial charge in [-0.25, -0.2) is 5.01 Å². The zero-order valence-corrected chi connectivity index (χ0v) is 15.6. The fraction of sp³-hybridized carbons (Fsp3) is 0.263. The second-order valence-corrected chi connectivity index (χ2v) is 6.76. The molecular weight excluding hydrogens is 350 g/mol. The highest BCUT2D eigenvalue weighted by atomic mass is 16.6. The monoisotopic (exact) mass is 371 g/mol. The quantitative estimate of drug-likeness (QED) is 0.657. The molecule has 8 heteroatoms. The lowest BCUT2D eigenvalue weighted by molar-refractivity contribution is -0.385. The van der Waals surface area contributed by atoms with Gasteiger partial charge in [-0.1, -0.05) is 18.2 Å². The van der Waals surface area contributed by atoms with Crippen molar-refractivity contribution < 1.29 is 19.2 Å². The summed E-state index contributed by atoms with van der Waals surface area (Å²) in [5.41, 5.74) is 1.59. The second kappa shape index (κ2) is 7.86. The summed E-state index contributed by atoms with van der Waals surface area (Å²) in [6.45, 7) is 5.14. The Morgan fingerprint density at radius 2 is 1.78 bits per heavy atom. The summed E-state index contributed by atoms with van der Waals surface area (Å²) in [6, 6.07) is 12.1. The molecule has 0 heterocycles. The number of hydrazine groups is 1. The van der Waals surface area contributed by atoms with Gasteiger partial charge in [0.25, 0.3) is 17.5 Å². The lowest BCUT2D eigenvalue weighted by Crippen LogP contribution is -2.56. The molecule has 0 fully saturated rings. The molecule has 0 saturated carbocycles. The van der Waals surface area contributed by atoms with Crippen molar-refractivity contribution in [2.24, 2.45) is 0 Å². The average molecular weight is 371 g/mol. The first-order valence-electron chi connectivity index (χ1n) is 8.18. The molecular formula is C19H21N3O5. The topological polar surface area (TPSA) is 102 Å². The minimum absolute atomic E-state index is 0.108. The van der Waals surface area contributed by atoms with Crippen LogP contribution >= 0.6 is 0 Å². The third-order valence-corrected chi connectivity index (χ3v) is 3.75. The van der Waals surface area contributed by atoms with Crippen LogP contribution in [0.5, 0.6) is 5.75 Å². The largest absolute Gasteiger partial charge is 0.497 e. The number of carbonyl (C=O) groups excluding carboxylic acids is 2. The molecule has 0 aromatic heterocycles. The Bertz CT molecular complexity index is 874. The number of para-hydroxylation sites is 1. The molecule has 142 valence electrons. The van der Waals surface area contributed by atoms with Gasteiger partial charge in [-0.05, 0) is 45.0 Å². The highest BCUT2D eigenvalue weighted by molar-refractivity contribution is 6.01. The van der Waals surface area contributed by atoms with Gasteiger partial charge in [0.15, 0.2) is 0 Å². The molecule has 0 radical (unpaired) electrons. The number of nitrogens with zero attached hydrogens (tertiary/aromatic N) is 2. The molecule has 0 aliphatic heterocycles. The van der Waals surface area contributed by atoms with E-state index in [0.717, 1.165) is 5.01 Å². The van der Waals surface area contributed by atoms with E-state index in [1.54, 1.807) is 39.0 Å². The number of benzene rings is 2. The molecule has 0 aliphatic carbocycles. The van der Waals surface area contributed by atoms with E-state index in [1.807, 2.05) is 0 Å². The number of nitro groups is 1. The Balaban J connectivity index is 2.38. The van der Waals surface area contributed by atoms with Crippen LogP contribution < -0.4 is 10.2 Å². The van der Waals surface area contributed by atoms with E-state index in [0.29, 0.717) is 11.3 Å². The van der Waals surface area contributed by atoms with Crippen molar-refractivity contribution in [3.05, 3.63) is 69.8 Å². The predicted octanol–water partition coefficient (Wildman–Crippen LogP) is 3.19. The van der Waals surface area contributed by atoms with Crippen LogP contribution in [0.15, 0.2) is 48.5 Å². The van der Waals surface area contributed by atoms with Crippen molar-refractivity contribution in [3.8, 4) is 5.75 Å². The molecule has 0 spiro atoms. The molecule has 0 aliphatic rings. The van der Waals surface area contributed by atoms with Gasteiger partial charge in [-0.3, -0.25) is 25.1 Å². The minimum atomic E-state index is -0.824. The zero-order valence-electron chi connectivity index (χ0n) is 15.6. The van der Waals surface area contributed by atoms with Gasteiger partial charge >= 0.3 is 0 Å². The number of amides is 2. The van der Waals surface area contributed by atoms with Crippen molar-refractivity contribution in [2.45, 2.75) is 26.3 Å². The Morgan fingerprint density at radius 1 is 1.11 bits per heavy atom. The van der Waals surface area contributed by atoms with Crippen LogP contribution in [-0.2, 0) is 0 Å². The molecule has 2 aromatic carbocycles. The van der Waals surface area contributed by atoms with Crippen LogP contribution in [0.4, 0.5) is 5.69 Å². The van der Waals surface area contributed by atoms with Crippen LogP contribution in [0.25, 0.3) is 0 Å². The summed E-state index contributed by atoms with van der Waals surface area (Å²) < 4.78 is 5.10. The second-order valence-electron chi connectivity index (χ2n) is 6.76. The third kappa shape index (κ3) is 4.60. The molecule has 0 unspecified atom stereocenters. The first-order valence-corrected chi connectivity index (χ1v) is 8.18. The smallest absolute Gasteiger partial charge is 0.282 e. The van der Waals surface area contributed by atoms with E-state index in [2.05, 4.69) is 5.43 Å². The highest BCUT2D eigenvalue weighted by Gasteiger charge is 2.33. The molecule has 0 atom stereocenters. The molecule has 1 N–H and O–H groups in total. The molecule has 27 heavy (non-hydrogen) atoms. The highest BCUT2D eigenvalue weighted by Crippen LogP contribution is 2.23. The number of nitro benzene ring substituents is 1. The summed E-state index contributed by atoms with van der Waals surface area (Å²) in [4.78, 5) is 36.2. The minimum Gasteiger partial charge on any atom is -0.497 e. The summed E-state index contributed by atoms with van der Waals surface area (Å²) in [7, 11) is 1.48. The van der Waals surface area contributed by atoms with Gasteiger partial charge in [0.1, 0.15) is 11.3 Å². The van der Waals surface area contributed by atoms with Gasteiger partial charge in [-0.15, -0.1) is 0 Å². The Kier molecular flexibility index (Phi) is 5.79. The van der Waals surface area contributed by atoms with Crippen molar-refractivity contribution in [2.75, 3.05) is 7.11 Å². The summed E-state index contributed by atoms with van der Waals surface area (Å²) in [6.07, 6.45) is 0. The van der Waals surface area contributed by atoms with Gasteiger partial charge in [0.05, 0.1) is 17.6 Å². The third-order valence-electron chi connectivity index (χ3n) is 3.75. The van der Waals surface area contributed by atoms with Gasteiger partial charge in [-0.2, -0.15) is 0 Å². The number of hydrogen-bond acceptors (Lipinski definition) is 5. The SMILES string of the molecule is COc1cccc(C(=O)NN(C(=O)c2ccccc2[N+](=O)[O-])C(C)(C)C)c1. The fourth-order valence-corrected chi connectivity index (χ4v) is 2.39. The maximum absolute atomic E-state index is 13.0. The first-order chi connectivity index (χ1) is 12.6. The predicted molar refractivity (Wildman–Crippen MR) is 99.5 cm³/mol. The molecule has 2 rings (SSSR count). The van der Waals surface area contributed by atoms with Crippen molar-refractivity contribution in [1.82, 2.24) is 10.4 Å². The number of hydrogen-bond donors (Lipinski definition) is 1. The summed E-state index contributed by atoms with van der Waals surface area (Å²) >= 11 is 0. The van der Waals surface area contributed by atoms with Crippen molar-refractivity contribution >= 4 is 17.5 Å². The molecule has 2 amide bonds. The van der Waals surface area contributed by atoms with Crippen LogP contribution in [-0.4, -0.2) is 34.4 Å². The van der Waals surface area contributed by atoms with E-state index in [-0.39, 0.29) is 11.3 Å². The number of nitrogens with one attached hydrogen (secondary N) is 1. The van der Waals surface area contributed by atoms with Gasteiger partial charge in [0, 0.05) is 11.6 Å². The van der Waals surface area contributed by atoms with Crippen LogP contribution in [0.3, 0.4) is 0 Å². The van der Waals surface area contributed by atoms with E-state index < -0.39 is 22.3 Å². The maximum Gasteiger partial charge on any atom is 0.282 e. The summed E-state index contributed by atoms with van der Waals surface area (Å²) in [5, 5.41) is 12.3. The maximum atomic E-state index is 13.0. The Morgan fingerprint density at radius 3 is 2.37 bits per heavy atom. The lowest BCUT2D eigenvalue weighted by Gasteiger charge is -2.35. The molecule has 2 aromatic rings. The summed E-state index contributed by atoms with van der Waals surface area (Å²) in [5.74, 6) is -0.711. The normalized spacial score (nSPS) is 10.8. The van der Waals surface area contributed by atoms with Crippen molar-refractivity contribution in [3.63, 3.8) is 0 Å². The van der Waals surface area contributed by atoms with E-state index >= 15 is 0 Å². The first kappa shape index (κ1) is 19.9. The van der Waals surface area contributed by atoms with Crippen molar-refractivity contribution in [1.29, 1.82) is 0 Å². The zero-order chi connectivity index (χ0) is 20.2.